The molecule has 1 N–H and O–H groups in total. The van der Waals surface area contributed by atoms with E-state index < -0.39 is 46.6 Å². The molecule has 13 nitrogen and oxygen atoms in total. The van der Waals surface area contributed by atoms with Crippen molar-refractivity contribution in [2.75, 3.05) is 19.9 Å². The second kappa shape index (κ2) is 10.1. The van der Waals surface area contributed by atoms with E-state index in [2.05, 4.69) is 25.4 Å². The highest BCUT2D eigenvalue weighted by Crippen LogP contribution is 2.28. The molecule has 1 saturated heterocycles. The number of carbonyl (C=O) groups excluding carboxylic acids is 1. The lowest BCUT2D eigenvalue weighted by Gasteiger charge is -2.43. The minimum Gasteiger partial charge on any atom is -0.354 e. The predicted molar refractivity (Wildman–Crippen MR) is 100 cm³/mol. The van der Waals surface area contributed by atoms with Crippen LogP contribution < -0.4 is 5.32 Å². The molecule has 1 fully saturated rings. The van der Waals surface area contributed by atoms with Crippen molar-refractivity contribution in [3.05, 3.63) is 56.8 Å². The monoisotopic (exact) mass is 425 g/mol. The van der Waals surface area contributed by atoms with Crippen molar-refractivity contribution >= 4 is 16.0 Å². The largest absolute Gasteiger partial charge is 0.354 e. The molecule has 0 spiro atoms. The molecule has 2 rings (SSSR count). The van der Waals surface area contributed by atoms with Crippen LogP contribution in [-0.4, -0.2) is 64.8 Å². The van der Waals surface area contributed by atoms with Gasteiger partial charge in [0.15, 0.2) is 6.29 Å². The smallest absolute Gasteiger partial charge is 0.264 e. The third-order valence-corrected chi connectivity index (χ3v) is 4.61. The van der Waals surface area contributed by atoms with E-state index in [0.717, 1.165) is 6.26 Å². The molecule has 1 amide bonds. The third kappa shape index (κ3) is 6.06. The molecule has 1 aliphatic heterocycles. The van der Waals surface area contributed by atoms with Crippen molar-refractivity contribution in [3.8, 4) is 0 Å². The van der Waals surface area contributed by atoms with Gasteiger partial charge < -0.3 is 14.8 Å². The zero-order valence-corrected chi connectivity index (χ0v) is 16.3. The molecule has 1 aromatic rings. The van der Waals surface area contributed by atoms with Crippen molar-refractivity contribution < 1.29 is 26.9 Å². The Hall–Kier alpha value is -2.86. The maximum atomic E-state index is 12.6. The standard InChI is InChI=1S/C15H19N7O6S/c1-26-15-12(19-14(23)9-6-4-3-5-7-9)11(20-22-17)13(28-29(2,24)25)10(27-15)8-18-21-16/h3-7,10-13,15H,8H2,1-2H3,(H,19,23)/t10-,11-,12-,13+,15-/m1/s1. The van der Waals surface area contributed by atoms with Gasteiger partial charge in [-0.15, -0.1) is 0 Å². The molecule has 29 heavy (non-hydrogen) atoms. The molecule has 0 aromatic heterocycles. The minimum absolute atomic E-state index is 0.312. The highest BCUT2D eigenvalue weighted by molar-refractivity contribution is 7.86. The van der Waals surface area contributed by atoms with Crippen LogP contribution in [0.5, 0.6) is 0 Å². The fourth-order valence-electron chi connectivity index (χ4n) is 2.88. The lowest BCUT2D eigenvalue weighted by atomic mass is 9.94. The number of hydrogen-bond acceptors (Lipinski definition) is 8. The Morgan fingerprint density at radius 2 is 1.97 bits per heavy atom. The Morgan fingerprint density at radius 1 is 1.28 bits per heavy atom. The first-order valence-corrected chi connectivity index (χ1v) is 10.1. The molecule has 156 valence electrons. The lowest BCUT2D eigenvalue weighted by molar-refractivity contribution is -0.221. The number of benzene rings is 1. The fraction of sp³-hybridized carbons (Fsp3) is 0.533. The molecule has 1 aromatic carbocycles. The number of methoxy groups -OCH3 is 1. The molecule has 0 aliphatic carbocycles. The van der Waals surface area contributed by atoms with Crippen LogP contribution in [-0.2, 0) is 23.8 Å². The Morgan fingerprint density at radius 3 is 2.52 bits per heavy atom. The highest BCUT2D eigenvalue weighted by Gasteiger charge is 2.48. The van der Waals surface area contributed by atoms with E-state index >= 15 is 0 Å². The van der Waals surface area contributed by atoms with E-state index in [1.165, 1.54) is 7.11 Å². The van der Waals surface area contributed by atoms with Gasteiger partial charge in [0, 0.05) is 22.5 Å². The summed E-state index contributed by atoms with van der Waals surface area (Å²) in [5.41, 5.74) is 17.9. The molecular formula is C15H19N7O6S. The highest BCUT2D eigenvalue weighted by atomic mass is 32.2. The number of carbonyl (C=O) groups is 1. The number of nitrogens with zero attached hydrogens (tertiary/aromatic N) is 6. The first-order valence-electron chi connectivity index (χ1n) is 8.28. The summed E-state index contributed by atoms with van der Waals surface area (Å²) in [6, 6.07) is 5.87. The summed E-state index contributed by atoms with van der Waals surface area (Å²) in [7, 11) is -2.72. The summed E-state index contributed by atoms with van der Waals surface area (Å²) in [5.74, 6) is -0.522. The van der Waals surface area contributed by atoms with Crippen LogP contribution >= 0.6 is 0 Å². The summed E-state index contributed by atoms with van der Waals surface area (Å²) in [6.45, 7) is -0.312. The van der Waals surface area contributed by atoms with E-state index in [1.807, 2.05) is 0 Å². The summed E-state index contributed by atoms with van der Waals surface area (Å²) in [4.78, 5) is 17.9. The predicted octanol–water partition coefficient (Wildman–Crippen LogP) is 1.49. The van der Waals surface area contributed by atoms with Gasteiger partial charge in [-0.05, 0) is 23.2 Å². The molecule has 5 atom stereocenters. The van der Waals surface area contributed by atoms with Gasteiger partial charge >= 0.3 is 0 Å². The number of nitrogens with one attached hydrogen (secondary N) is 1. The second-order valence-electron chi connectivity index (χ2n) is 6.02. The SMILES string of the molecule is CO[C@@H]1O[C@H](CN=[N+]=[N-])[C@H](OS(C)(=O)=O)[C@H](N=[N+]=[N-])[C@H]1NC(=O)c1ccccc1. The van der Waals surface area contributed by atoms with Crippen molar-refractivity contribution in [1.29, 1.82) is 0 Å². The van der Waals surface area contributed by atoms with Gasteiger partial charge in [-0.25, -0.2) is 0 Å². The van der Waals surface area contributed by atoms with Gasteiger partial charge in [0.05, 0.1) is 31.0 Å². The quantitative estimate of drug-likeness (QED) is 0.284. The summed E-state index contributed by atoms with van der Waals surface area (Å²) in [6.07, 6.45) is -2.79. The number of hydrogen-bond donors (Lipinski definition) is 1. The summed E-state index contributed by atoms with van der Waals surface area (Å²) >= 11 is 0. The van der Waals surface area contributed by atoms with E-state index in [4.69, 9.17) is 24.7 Å². The van der Waals surface area contributed by atoms with E-state index in [1.54, 1.807) is 30.3 Å². The maximum absolute atomic E-state index is 12.6. The van der Waals surface area contributed by atoms with Crippen LogP contribution in [0.4, 0.5) is 0 Å². The normalized spacial score (nSPS) is 26.6. The Bertz CT molecular complexity index is 914. The number of amides is 1. The zero-order valence-electron chi connectivity index (χ0n) is 15.5. The Balaban J connectivity index is 2.42. The van der Waals surface area contributed by atoms with Gasteiger partial charge in [-0.3, -0.25) is 8.98 Å². The fourth-order valence-corrected chi connectivity index (χ4v) is 3.52. The van der Waals surface area contributed by atoms with Crippen molar-refractivity contribution in [2.45, 2.75) is 30.6 Å². The van der Waals surface area contributed by atoms with Crippen LogP contribution in [0, 0.1) is 0 Å². The topological polar surface area (TPSA) is 188 Å². The number of ether oxygens (including phenoxy) is 2. The number of azide groups is 2. The summed E-state index contributed by atoms with van der Waals surface area (Å²) < 4.78 is 39.4. The van der Waals surface area contributed by atoms with E-state index in [9.17, 15) is 13.2 Å². The van der Waals surface area contributed by atoms with Crippen LogP contribution in [0.25, 0.3) is 20.9 Å². The molecule has 0 bridgehead atoms. The second-order valence-corrected chi connectivity index (χ2v) is 7.62. The molecule has 14 heteroatoms. The average molecular weight is 425 g/mol. The molecule has 1 heterocycles. The Labute approximate surface area is 166 Å². The molecule has 0 radical (unpaired) electrons. The van der Waals surface area contributed by atoms with Gasteiger partial charge in [0.25, 0.3) is 16.0 Å². The lowest BCUT2D eigenvalue weighted by Crippen LogP contribution is -2.64. The van der Waals surface area contributed by atoms with E-state index in [-0.39, 0.29) is 6.54 Å². The van der Waals surface area contributed by atoms with Gasteiger partial charge in [0.2, 0.25) is 0 Å². The van der Waals surface area contributed by atoms with Crippen molar-refractivity contribution in [2.24, 2.45) is 10.2 Å². The van der Waals surface area contributed by atoms with Crippen LogP contribution in [0.1, 0.15) is 10.4 Å². The van der Waals surface area contributed by atoms with Crippen LogP contribution in [0.2, 0.25) is 0 Å². The minimum atomic E-state index is -4.01. The maximum Gasteiger partial charge on any atom is 0.264 e. The first-order chi connectivity index (χ1) is 13.8. The molecular weight excluding hydrogens is 406 g/mol. The van der Waals surface area contributed by atoms with Gasteiger partial charge in [-0.2, -0.15) is 8.42 Å². The van der Waals surface area contributed by atoms with Crippen LogP contribution in [0.3, 0.4) is 0 Å². The van der Waals surface area contributed by atoms with Crippen LogP contribution in [0.15, 0.2) is 40.6 Å². The third-order valence-electron chi connectivity index (χ3n) is 4.03. The Kier molecular flexibility index (Phi) is 7.79. The molecule has 0 unspecified atom stereocenters. The number of rotatable bonds is 8. The first kappa shape index (κ1) is 22.4. The van der Waals surface area contributed by atoms with Gasteiger partial charge in [0.1, 0.15) is 6.10 Å². The van der Waals surface area contributed by atoms with Gasteiger partial charge in [-0.1, -0.05) is 28.4 Å². The average Bonchev–Trinajstić information content (AvgIpc) is 2.69. The summed E-state index contributed by atoms with van der Waals surface area (Å²) in [5, 5.41) is 9.62. The van der Waals surface area contributed by atoms with Crippen molar-refractivity contribution in [1.82, 2.24) is 5.32 Å². The molecule has 0 saturated carbocycles. The zero-order chi connectivity index (χ0) is 21.4. The molecule has 1 aliphatic rings. The van der Waals surface area contributed by atoms with E-state index in [0.29, 0.717) is 5.56 Å². The van der Waals surface area contributed by atoms with Crippen molar-refractivity contribution in [3.63, 3.8) is 0 Å².